The summed E-state index contributed by atoms with van der Waals surface area (Å²) < 4.78 is 1.75. The predicted octanol–water partition coefficient (Wildman–Crippen LogP) is 2.95. The SMILES string of the molecule is CC(Cn1cncn1)C(O)c1ccc(C(C)(C)C)cc1. The summed E-state index contributed by atoms with van der Waals surface area (Å²) >= 11 is 0. The van der Waals surface area contributed by atoms with E-state index in [0.29, 0.717) is 6.54 Å². The molecule has 0 aliphatic carbocycles. The number of hydrogen-bond acceptors (Lipinski definition) is 3. The van der Waals surface area contributed by atoms with E-state index < -0.39 is 6.10 Å². The largest absolute Gasteiger partial charge is 0.388 e. The summed E-state index contributed by atoms with van der Waals surface area (Å²) in [6, 6.07) is 8.23. The molecule has 4 heteroatoms. The molecule has 1 N–H and O–H groups in total. The summed E-state index contributed by atoms with van der Waals surface area (Å²) in [5.74, 6) is 0.0807. The quantitative estimate of drug-likeness (QED) is 0.931. The molecular weight excluding hydrogens is 250 g/mol. The van der Waals surface area contributed by atoms with E-state index in [1.165, 1.54) is 11.9 Å². The molecule has 0 aliphatic heterocycles. The van der Waals surface area contributed by atoms with Crippen LogP contribution >= 0.6 is 0 Å². The molecule has 0 spiro atoms. The van der Waals surface area contributed by atoms with Crippen LogP contribution in [-0.4, -0.2) is 19.9 Å². The van der Waals surface area contributed by atoms with Gasteiger partial charge in [-0.25, -0.2) is 4.98 Å². The van der Waals surface area contributed by atoms with Crippen LogP contribution < -0.4 is 0 Å². The van der Waals surface area contributed by atoms with Crippen LogP contribution in [0.1, 0.15) is 44.9 Å². The van der Waals surface area contributed by atoms with E-state index >= 15 is 0 Å². The first-order valence-corrected chi connectivity index (χ1v) is 6.99. The fourth-order valence-electron chi connectivity index (χ4n) is 2.23. The number of nitrogens with zero attached hydrogens (tertiary/aromatic N) is 3. The molecule has 0 radical (unpaired) electrons. The Labute approximate surface area is 120 Å². The monoisotopic (exact) mass is 273 g/mol. The fourth-order valence-corrected chi connectivity index (χ4v) is 2.23. The highest BCUT2D eigenvalue weighted by Crippen LogP contribution is 2.27. The van der Waals surface area contributed by atoms with Gasteiger partial charge in [-0.3, -0.25) is 4.68 Å². The molecule has 4 nitrogen and oxygen atoms in total. The summed E-state index contributed by atoms with van der Waals surface area (Å²) in [7, 11) is 0. The molecule has 108 valence electrons. The number of benzene rings is 1. The maximum absolute atomic E-state index is 10.4. The molecule has 2 atom stereocenters. The lowest BCUT2D eigenvalue weighted by Gasteiger charge is -2.22. The molecule has 2 rings (SSSR count). The van der Waals surface area contributed by atoms with Gasteiger partial charge in [0.25, 0.3) is 0 Å². The third-order valence-corrected chi connectivity index (χ3v) is 3.60. The van der Waals surface area contributed by atoms with Crippen LogP contribution in [0.5, 0.6) is 0 Å². The normalized spacial score (nSPS) is 15.1. The van der Waals surface area contributed by atoms with Crippen molar-refractivity contribution in [2.75, 3.05) is 0 Å². The second-order valence-electron chi connectivity index (χ2n) is 6.41. The van der Waals surface area contributed by atoms with E-state index in [4.69, 9.17) is 0 Å². The zero-order chi connectivity index (χ0) is 14.8. The highest BCUT2D eigenvalue weighted by Gasteiger charge is 2.19. The van der Waals surface area contributed by atoms with Gasteiger partial charge < -0.3 is 5.11 Å². The van der Waals surface area contributed by atoms with Crippen LogP contribution in [0.3, 0.4) is 0 Å². The number of rotatable bonds is 4. The third kappa shape index (κ3) is 3.45. The Bertz CT molecular complexity index is 526. The zero-order valence-corrected chi connectivity index (χ0v) is 12.6. The summed E-state index contributed by atoms with van der Waals surface area (Å²) in [6.45, 7) is 9.23. The molecule has 0 amide bonds. The van der Waals surface area contributed by atoms with E-state index in [9.17, 15) is 5.11 Å². The molecule has 0 fully saturated rings. The molecule has 0 bridgehead atoms. The van der Waals surface area contributed by atoms with Gasteiger partial charge in [-0.05, 0) is 16.5 Å². The van der Waals surface area contributed by atoms with Crippen LogP contribution in [-0.2, 0) is 12.0 Å². The Kier molecular flexibility index (Phi) is 4.23. The van der Waals surface area contributed by atoms with Gasteiger partial charge in [-0.15, -0.1) is 0 Å². The molecule has 0 saturated heterocycles. The van der Waals surface area contributed by atoms with Crippen molar-refractivity contribution in [1.82, 2.24) is 14.8 Å². The molecule has 2 unspecified atom stereocenters. The van der Waals surface area contributed by atoms with E-state index in [2.05, 4.69) is 43.0 Å². The highest BCUT2D eigenvalue weighted by atomic mass is 16.3. The van der Waals surface area contributed by atoms with Gasteiger partial charge in [0, 0.05) is 12.5 Å². The predicted molar refractivity (Wildman–Crippen MR) is 79.3 cm³/mol. The van der Waals surface area contributed by atoms with E-state index in [1.807, 2.05) is 19.1 Å². The highest BCUT2D eigenvalue weighted by molar-refractivity contribution is 5.28. The molecule has 20 heavy (non-hydrogen) atoms. The standard InChI is InChI=1S/C16H23N3O/c1-12(9-19-11-17-10-18-19)15(20)13-5-7-14(8-6-13)16(2,3)4/h5-8,10-12,15,20H,9H2,1-4H3. The van der Waals surface area contributed by atoms with Crippen molar-refractivity contribution in [2.45, 2.75) is 45.8 Å². The van der Waals surface area contributed by atoms with Crippen molar-refractivity contribution >= 4 is 0 Å². The average molecular weight is 273 g/mol. The average Bonchev–Trinajstić information content (AvgIpc) is 2.90. The summed E-state index contributed by atoms with van der Waals surface area (Å²) in [5.41, 5.74) is 2.36. The van der Waals surface area contributed by atoms with E-state index in [1.54, 1.807) is 11.0 Å². The summed E-state index contributed by atoms with van der Waals surface area (Å²) in [5, 5.41) is 14.5. The van der Waals surface area contributed by atoms with Crippen LogP contribution in [0.2, 0.25) is 0 Å². The minimum Gasteiger partial charge on any atom is -0.388 e. The van der Waals surface area contributed by atoms with Crippen molar-refractivity contribution in [3.8, 4) is 0 Å². The maximum Gasteiger partial charge on any atom is 0.137 e. The molecule has 1 heterocycles. The molecule has 1 aromatic heterocycles. The topological polar surface area (TPSA) is 50.9 Å². The molecule has 1 aromatic carbocycles. The second-order valence-corrected chi connectivity index (χ2v) is 6.41. The second kappa shape index (κ2) is 5.75. The molecule has 0 saturated carbocycles. The van der Waals surface area contributed by atoms with Crippen molar-refractivity contribution in [3.63, 3.8) is 0 Å². The third-order valence-electron chi connectivity index (χ3n) is 3.60. The smallest absolute Gasteiger partial charge is 0.137 e. The molecular formula is C16H23N3O. The Balaban J connectivity index is 2.07. The zero-order valence-electron chi connectivity index (χ0n) is 12.6. The number of aromatic nitrogens is 3. The van der Waals surface area contributed by atoms with Crippen molar-refractivity contribution in [3.05, 3.63) is 48.0 Å². The van der Waals surface area contributed by atoms with Crippen LogP contribution in [0.25, 0.3) is 0 Å². The van der Waals surface area contributed by atoms with Crippen molar-refractivity contribution < 1.29 is 5.11 Å². The lowest BCUT2D eigenvalue weighted by atomic mass is 9.85. The van der Waals surface area contributed by atoms with Gasteiger partial charge in [0.15, 0.2) is 0 Å². The van der Waals surface area contributed by atoms with Crippen LogP contribution in [0.15, 0.2) is 36.9 Å². The van der Waals surface area contributed by atoms with Crippen molar-refractivity contribution in [1.29, 1.82) is 0 Å². The minimum atomic E-state index is -0.492. The Morgan fingerprint density at radius 2 is 1.85 bits per heavy atom. The van der Waals surface area contributed by atoms with E-state index in [-0.39, 0.29) is 11.3 Å². The number of aliphatic hydroxyl groups is 1. The Morgan fingerprint density at radius 1 is 1.20 bits per heavy atom. The lowest BCUT2D eigenvalue weighted by Crippen LogP contribution is -2.17. The van der Waals surface area contributed by atoms with Gasteiger partial charge in [0.1, 0.15) is 12.7 Å². The van der Waals surface area contributed by atoms with Gasteiger partial charge in [-0.2, -0.15) is 5.10 Å². The number of hydrogen-bond donors (Lipinski definition) is 1. The van der Waals surface area contributed by atoms with Crippen molar-refractivity contribution in [2.24, 2.45) is 5.92 Å². The Hall–Kier alpha value is -1.68. The number of aliphatic hydroxyl groups excluding tert-OH is 1. The fraction of sp³-hybridized carbons (Fsp3) is 0.500. The first kappa shape index (κ1) is 14.7. The summed E-state index contributed by atoms with van der Waals surface area (Å²) in [6.07, 6.45) is 2.69. The van der Waals surface area contributed by atoms with Gasteiger partial charge in [-0.1, -0.05) is 52.0 Å². The summed E-state index contributed by atoms with van der Waals surface area (Å²) in [4.78, 5) is 3.92. The van der Waals surface area contributed by atoms with Gasteiger partial charge in [0.05, 0.1) is 6.10 Å². The Morgan fingerprint density at radius 3 is 2.35 bits per heavy atom. The van der Waals surface area contributed by atoms with Crippen LogP contribution in [0.4, 0.5) is 0 Å². The first-order valence-electron chi connectivity index (χ1n) is 6.99. The van der Waals surface area contributed by atoms with Gasteiger partial charge >= 0.3 is 0 Å². The molecule has 0 aliphatic rings. The molecule has 2 aromatic rings. The maximum atomic E-state index is 10.4. The van der Waals surface area contributed by atoms with Crippen LogP contribution in [0, 0.1) is 5.92 Å². The minimum absolute atomic E-state index is 0.0807. The first-order chi connectivity index (χ1) is 9.38. The van der Waals surface area contributed by atoms with E-state index in [0.717, 1.165) is 5.56 Å². The lowest BCUT2D eigenvalue weighted by molar-refractivity contribution is 0.105. The van der Waals surface area contributed by atoms with Gasteiger partial charge in [0.2, 0.25) is 0 Å².